The van der Waals surface area contributed by atoms with Crippen LogP contribution in [-0.4, -0.2) is 37.4 Å². The number of carbonyl (C=O) groups is 1. The Balaban J connectivity index is 2.39. The molecular formula is C13H19FN2O3. The van der Waals surface area contributed by atoms with Crippen molar-refractivity contribution in [2.75, 3.05) is 20.3 Å². The topological polar surface area (TPSA) is 70.6 Å². The van der Waals surface area contributed by atoms with Gasteiger partial charge in [0.15, 0.2) is 11.6 Å². The third-order valence-corrected chi connectivity index (χ3v) is 2.57. The number of carbonyl (C=O) groups excluding carboxylic acids is 1. The standard InChI is InChI=1S/C13H19FN2O3/c1-9(8-17)16-13(18)15-6-5-10-3-4-11(14)12(7-10)19-2/h3-4,7,9,17H,5-6,8H2,1-2H3,(H2,15,16,18). The molecular weight excluding hydrogens is 251 g/mol. The number of hydrogen-bond acceptors (Lipinski definition) is 3. The van der Waals surface area contributed by atoms with Crippen molar-refractivity contribution < 1.29 is 19.0 Å². The van der Waals surface area contributed by atoms with Gasteiger partial charge in [0.25, 0.3) is 0 Å². The Kier molecular flexibility index (Phi) is 6.08. The van der Waals surface area contributed by atoms with Crippen LogP contribution in [0.15, 0.2) is 18.2 Å². The van der Waals surface area contributed by atoms with Crippen LogP contribution in [-0.2, 0) is 6.42 Å². The Morgan fingerprint density at radius 1 is 1.53 bits per heavy atom. The molecule has 0 aliphatic rings. The van der Waals surface area contributed by atoms with Gasteiger partial charge in [0, 0.05) is 6.54 Å². The van der Waals surface area contributed by atoms with E-state index in [-0.39, 0.29) is 24.4 Å². The fourth-order valence-electron chi connectivity index (χ4n) is 1.50. The second-order valence-electron chi connectivity index (χ2n) is 4.20. The third-order valence-electron chi connectivity index (χ3n) is 2.57. The van der Waals surface area contributed by atoms with Crippen LogP contribution in [0.4, 0.5) is 9.18 Å². The highest BCUT2D eigenvalue weighted by Crippen LogP contribution is 2.18. The first-order chi connectivity index (χ1) is 9.06. The van der Waals surface area contributed by atoms with E-state index >= 15 is 0 Å². The maximum absolute atomic E-state index is 13.2. The van der Waals surface area contributed by atoms with Gasteiger partial charge in [0.05, 0.1) is 19.8 Å². The summed E-state index contributed by atoms with van der Waals surface area (Å²) in [5.74, 6) is -0.218. The van der Waals surface area contributed by atoms with Crippen LogP contribution in [0.3, 0.4) is 0 Å². The van der Waals surface area contributed by atoms with E-state index in [9.17, 15) is 9.18 Å². The first kappa shape index (κ1) is 15.2. The molecule has 0 radical (unpaired) electrons. The zero-order valence-corrected chi connectivity index (χ0v) is 11.1. The van der Waals surface area contributed by atoms with E-state index in [1.54, 1.807) is 19.1 Å². The van der Waals surface area contributed by atoms with Crippen molar-refractivity contribution >= 4 is 6.03 Å². The highest BCUT2D eigenvalue weighted by Gasteiger charge is 2.06. The van der Waals surface area contributed by atoms with E-state index in [2.05, 4.69) is 10.6 Å². The Labute approximate surface area is 111 Å². The lowest BCUT2D eigenvalue weighted by Gasteiger charge is -2.12. The largest absolute Gasteiger partial charge is 0.494 e. The molecule has 1 rings (SSSR count). The Morgan fingerprint density at radius 2 is 2.26 bits per heavy atom. The number of hydrogen-bond donors (Lipinski definition) is 3. The number of amides is 2. The fourth-order valence-corrected chi connectivity index (χ4v) is 1.50. The zero-order chi connectivity index (χ0) is 14.3. The number of nitrogens with one attached hydrogen (secondary N) is 2. The van der Waals surface area contributed by atoms with Gasteiger partial charge in [-0.1, -0.05) is 6.07 Å². The number of halogens is 1. The van der Waals surface area contributed by atoms with E-state index in [4.69, 9.17) is 9.84 Å². The van der Waals surface area contributed by atoms with E-state index in [0.29, 0.717) is 13.0 Å². The number of aliphatic hydroxyl groups is 1. The summed E-state index contributed by atoms with van der Waals surface area (Å²) in [6.07, 6.45) is 0.567. The van der Waals surface area contributed by atoms with Crippen molar-refractivity contribution in [1.29, 1.82) is 0 Å². The molecule has 0 aromatic heterocycles. The van der Waals surface area contributed by atoms with Crippen molar-refractivity contribution in [2.45, 2.75) is 19.4 Å². The average Bonchev–Trinajstić information content (AvgIpc) is 2.40. The summed E-state index contributed by atoms with van der Waals surface area (Å²) in [7, 11) is 1.41. The van der Waals surface area contributed by atoms with Crippen molar-refractivity contribution in [2.24, 2.45) is 0 Å². The van der Waals surface area contributed by atoms with E-state index in [1.165, 1.54) is 13.2 Å². The van der Waals surface area contributed by atoms with E-state index in [1.807, 2.05) is 0 Å². The second kappa shape index (κ2) is 7.58. The summed E-state index contributed by atoms with van der Waals surface area (Å²) in [5, 5.41) is 14.0. The minimum absolute atomic E-state index is 0.109. The van der Waals surface area contributed by atoms with Crippen LogP contribution in [0.25, 0.3) is 0 Å². The number of aliphatic hydroxyl groups excluding tert-OH is 1. The molecule has 2 amide bonds. The fraction of sp³-hybridized carbons (Fsp3) is 0.462. The first-order valence-electron chi connectivity index (χ1n) is 6.04. The zero-order valence-electron chi connectivity index (χ0n) is 11.1. The molecule has 0 aliphatic carbocycles. The SMILES string of the molecule is COc1cc(CCNC(=O)NC(C)CO)ccc1F. The van der Waals surface area contributed by atoms with Crippen LogP contribution < -0.4 is 15.4 Å². The quantitative estimate of drug-likeness (QED) is 0.724. The molecule has 19 heavy (non-hydrogen) atoms. The molecule has 106 valence electrons. The van der Waals surface area contributed by atoms with Crippen LogP contribution in [0, 0.1) is 5.82 Å². The Bertz CT molecular complexity index is 426. The second-order valence-corrected chi connectivity index (χ2v) is 4.20. The predicted octanol–water partition coefficient (Wildman–Crippen LogP) is 1.06. The molecule has 0 heterocycles. The summed E-state index contributed by atoms with van der Waals surface area (Å²) in [5.41, 5.74) is 0.869. The molecule has 0 aliphatic heterocycles. The minimum atomic E-state index is -0.409. The summed E-state index contributed by atoms with van der Waals surface area (Å²) in [4.78, 5) is 11.4. The van der Waals surface area contributed by atoms with Crippen LogP contribution >= 0.6 is 0 Å². The van der Waals surface area contributed by atoms with Gasteiger partial charge in [-0.3, -0.25) is 0 Å². The number of ether oxygens (including phenoxy) is 1. The van der Waals surface area contributed by atoms with Crippen molar-refractivity contribution in [3.8, 4) is 5.75 Å². The van der Waals surface area contributed by atoms with Gasteiger partial charge in [-0.2, -0.15) is 0 Å². The molecule has 5 nitrogen and oxygen atoms in total. The molecule has 6 heteroatoms. The average molecular weight is 270 g/mol. The van der Waals surface area contributed by atoms with Crippen molar-refractivity contribution in [1.82, 2.24) is 10.6 Å². The lowest BCUT2D eigenvalue weighted by Crippen LogP contribution is -2.42. The number of benzene rings is 1. The molecule has 0 spiro atoms. The van der Waals surface area contributed by atoms with Gasteiger partial charge in [-0.15, -0.1) is 0 Å². The third kappa shape index (κ3) is 5.13. The smallest absolute Gasteiger partial charge is 0.315 e. The first-order valence-corrected chi connectivity index (χ1v) is 6.04. The van der Waals surface area contributed by atoms with Gasteiger partial charge in [0.1, 0.15) is 0 Å². The van der Waals surface area contributed by atoms with Gasteiger partial charge in [-0.05, 0) is 31.0 Å². The maximum Gasteiger partial charge on any atom is 0.315 e. The Hall–Kier alpha value is -1.82. The van der Waals surface area contributed by atoms with E-state index in [0.717, 1.165) is 5.56 Å². The number of methoxy groups -OCH3 is 1. The van der Waals surface area contributed by atoms with Crippen LogP contribution in [0.2, 0.25) is 0 Å². The molecule has 0 saturated carbocycles. The molecule has 0 bridgehead atoms. The number of rotatable bonds is 6. The summed E-state index contributed by atoms with van der Waals surface area (Å²) < 4.78 is 18.1. The normalized spacial score (nSPS) is 11.8. The summed E-state index contributed by atoms with van der Waals surface area (Å²) in [6, 6.07) is 3.96. The lowest BCUT2D eigenvalue weighted by molar-refractivity contribution is 0.220. The molecule has 0 saturated heterocycles. The molecule has 1 atom stereocenters. The highest BCUT2D eigenvalue weighted by atomic mass is 19.1. The lowest BCUT2D eigenvalue weighted by atomic mass is 10.1. The number of urea groups is 1. The summed E-state index contributed by atoms with van der Waals surface area (Å²) >= 11 is 0. The molecule has 0 fully saturated rings. The van der Waals surface area contributed by atoms with Gasteiger partial charge in [-0.25, -0.2) is 9.18 Å². The van der Waals surface area contributed by atoms with Crippen molar-refractivity contribution in [3.63, 3.8) is 0 Å². The Morgan fingerprint density at radius 3 is 2.89 bits per heavy atom. The van der Waals surface area contributed by atoms with Crippen LogP contribution in [0.1, 0.15) is 12.5 Å². The van der Waals surface area contributed by atoms with Gasteiger partial charge in [0.2, 0.25) is 0 Å². The predicted molar refractivity (Wildman–Crippen MR) is 69.7 cm³/mol. The molecule has 3 N–H and O–H groups in total. The molecule has 1 aromatic carbocycles. The van der Waals surface area contributed by atoms with Gasteiger partial charge >= 0.3 is 6.03 Å². The van der Waals surface area contributed by atoms with E-state index < -0.39 is 5.82 Å². The minimum Gasteiger partial charge on any atom is -0.494 e. The highest BCUT2D eigenvalue weighted by molar-refractivity contribution is 5.74. The molecule has 1 aromatic rings. The monoisotopic (exact) mass is 270 g/mol. The van der Waals surface area contributed by atoms with Gasteiger partial charge < -0.3 is 20.5 Å². The maximum atomic E-state index is 13.2. The summed E-state index contributed by atoms with van der Waals surface area (Å²) in [6.45, 7) is 2.01. The molecule has 1 unspecified atom stereocenters. The van der Waals surface area contributed by atoms with Crippen molar-refractivity contribution in [3.05, 3.63) is 29.6 Å². The van der Waals surface area contributed by atoms with Crippen LogP contribution in [0.5, 0.6) is 5.75 Å².